The Morgan fingerprint density at radius 3 is 0.819 bits per heavy atom. The van der Waals surface area contributed by atoms with E-state index in [0.717, 1.165) is 0 Å². The quantitative estimate of drug-likeness (QED) is 0.0238. The number of nitrogens with zero attached hydrogens (tertiary/aromatic N) is 4. The third-order valence-electron chi connectivity index (χ3n) is 20.4. The molecule has 0 atom stereocenters. The van der Waals surface area contributed by atoms with Crippen LogP contribution >= 0.6 is 23.5 Å². The lowest BCUT2D eigenvalue weighted by Gasteiger charge is -2.35. The number of hydrogen-bond acceptors (Lipinski definition) is 12. The second-order valence-electron chi connectivity index (χ2n) is 25.0. The molecule has 0 unspecified atom stereocenters. The van der Waals surface area contributed by atoms with Crippen LogP contribution in [0.15, 0.2) is 82.6 Å². The summed E-state index contributed by atoms with van der Waals surface area (Å²) in [4.78, 5) is 152. The molecule has 0 aliphatic carbocycles. The number of carbonyl (C=O) groups excluding carboxylic acids is 8. The van der Waals surface area contributed by atoms with Gasteiger partial charge < -0.3 is 10.2 Å². The molecule has 4 aliphatic rings. The Balaban J connectivity index is 1.15. The first-order valence-corrected chi connectivity index (χ1v) is 34.6. The highest BCUT2D eigenvalue weighted by Crippen LogP contribution is 2.54. The Morgan fingerprint density at radius 1 is 0.330 bits per heavy atom. The molecule has 14 rings (SSSR count). The zero-order valence-corrected chi connectivity index (χ0v) is 54.9. The first-order chi connectivity index (χ1) is 45.3. The summed E-state index contributed by atoms with van der Waals surface area (Å²) in [6.45, 7) is 15.4. The number of hydrogen-bond donors (Lipinski definition) is 2. The Morgan fingerprint density at radius 2 is 0.564 bits per heavy atom. The average Bonchev–Trinajstić information content (AvgIpc) is 0.688. The number of carboxylic acid groups (broad SMARTS) is 2. The zero-order valence-electron chi connectivity index (χ0n) is 53.3. The van der Waals surface area contributed by atoms with E-state index in [1.54, 1.807) is 48.5 Å². The van der Waals surface area contributed by atoms with Crippen molar-refractivity contribution >= 4 is 169 Å². The van der Waals surface area contributed by atoms with E-state index in [2.05, 4.69) is 11.8 Å². The van der Waals surface area contributed by atoms with E-state index < -0.39 is 83.4 Å². The summed E-state index contributed by atoms with van der Waals surface area (Å²) in [6.07, 6.45) is 3.55. The van der Waals surface area contributed by atoms with E-state index in [4.69, 9.17) is 0 Å². The first kappa shape index (κ1) is 62.0. The van der Waals surface area contributed by atoms with E-state index in [0.29, 0.717) is 170 Å². The van der Waals surface area contributed by atoms with Gasteiger partial charge in [0.25, 0.3) is 47.3 Å². The van der Waals surface area contributed by atoms with Gasteiger partial charge in [-0.15, -0.1) is 23.5 Å². The van der Waals surface area contributed by atoms with Gasteiger partial charge in [-0.05, 0) is 121 Å². The number of fused-ring (bicyclic) bond motifs is 4. The van der Waals surface area contributed by atoms with Gasteiger partial charge in [0.2, 0.25) is 0 Å². The van der Waals surface area contributed by atoms with Crippen molar-refractivity contribution in [3.05, 3.63) is 128 Å². The van der Waals surface area contributed by atoms with Gasteiger partial charge in [0.1, 0.15) is 0 Å². The molecule has 0 saturated heterocycles. The van der Waals surface area contributed by atoms with E-state index in [1.807, 2.05) is 79.7 Å². The van der Waals surface area contributed by atoms with E-state index in [1.165, 1.54) is 43.1 Å². The number of imide groups is 4. The van der Waals surface area contributed by atoms with Gasteiger partial charge in [-0.25, -0.2) is 0 Å². The fourth-order valence-corrected chi connectivity index (χ4v) is 18.0. The molecule has 0 fully saturated rings. The summed E-state index contributed by atoms with van der Waals surface area (Å²) >= 11 is 2.52. The molecule has 0 bridgehead atoms. The van der Waals surface area contributed by atoms with Crippen LogP contribution in [-0.4, -0.2) is 125 Å². The number of carbonyl (C=O) groups is 10. The maximum Gasteiger partial charge on any atom is 0.304 e. The van der Waals surface area contributed by atoms with Crippen molar-refractivity contribution in [2.75, 3.05) is 11.5 Å². The van der Waals surface area contributed by atoms with Crippen LogP contribution in [0.2, 0.25) is 0 Å². The van der Waals surface area contributed by atoms with Crippen LogP contribution in [-0.2, 0) is 9.59 Å². The molecule has 4 aliphatic heterocycles. The highest BCUT2D eigenvalue weighted by atomic mass is 32.2. The predicted molar refractivity (Wildman–Crippen MR) is 367 cm³/mol. The van der Waals surface area contributed by atoms with Crippen LogP contribution in [0.3, 0.4) is 0 Å². The third-order valence-corrected chi connectivity index (χ3v) is 22.5. The molecule has 94 heavy (non-hydrogen) atoms. The molecule has 8 amide bonds. The van der Waals surface area contributed by atoms with Gasteiger partial charge in [0.05, 0.1) is 12.8 Å². The molecule has 18 heteroatoms. The summed E-state index contributed by atoms with van der Waals surface area (Å²) in [5.74, 6) is 1.48. The van der Waals surface area contributed by atoms with Crippen LogP contribution in [0.5, 0.6) is 0 Å². The molecule has 0 spiro atoms. The van der Waals surface area contributed by atoms with E-state index in [-0.39, 0.29) is 57.7 Å². The standard InChI is InChI=1S/C76H66N4O12S2/c1-9-37(10-2)77-69(85)45-25-21-43-63-53(93-29-27-55(81)82)33-51-61-47(71(87)79(75(51)91)39(13-5)14-6)23-19-41(67(61)63)57-35(31-49(73(77)89)59(45)65(43)57)17-18-36-32-50-60-46(70(86)78(74(50)90)38(11-3)12-4)26-22-44-64-54(94-30-28-56(83)84)34-52-62-48(24-20-42(68(62)64)58(36)66(44)60)72(88)80(76(52)92)40(15-7)16-8/h19-26,31-34,37-40H,9-16,27-30H2,1-8H3,(H,81,82)(H,83,84). The predicted octanol–water partition coefficient (Wildman–Crippen LogP) is 15.5. The van der Waals surface area contributed by atoms with E-state index in [9.17, 15) is 29.4 Å². The van der Waals surface area contributed by atoms with Crippen molar-refractivity contribution in [3.8, 4) is 11.8 Å². The summed E-state index contributed by atoms with van der Waals surface area (Å²) in [5.41, 5.74) is 2.79. The molecule has 0 aromatic heterocycles. The van der Waals surface area contributed by atoms with Crippen LogP contribution in [0, 0.1) is 11.8 Å². The minimum atomic E-state index is -1.02. The molecule has 474 valence electrons. The molecule has 16 nitrogen and oxygen atoms in total. The Hall–Kier alpha value is -9.44. The van der Waals surface area contributed by atoms with Crippen molar-refractivity contribution in [1.82, 2.24) is 19.6 Å². The van der Waals surface area contributed by atoms with Crippen LogP contribution < -0.4 is 0 Å². The van der Waals surface area contributed by atoms with Crippen molar-refractivity contribution in [2.45, 2.75) is 154 Å². The number of carboxylic acids is 2. The SMILES string of the molecule is CCC(CC)N1C(=O)c2ccc3c4c(SCCC(=O)O)cc5c6c(ccc(c7c(C#Cc8cc9c%10c(ccc%11c%12c(SCCC(=O)O)cc%13c%14c(ccc(c8c%10%11)c%14%12)C(=O)N(C(CC)CC)C%13=O)C(=O)N(C(CC)CC)C9=O)cc(c2c37)C1=O)c64)C(=O)N(C(CC)CC)C5=O. The monoisotopic (exact) mass is 1290 g/mol. The van der Waals surface area contributed by atoms with Crippen molar-refractivity contribution < 1.29 is 58.2 Å². The zero-order chi connectivity index (χ0) is 66.4. The highest BCUT2D eigenvalue weighted by molar-refractivity contribution is 7.99. The second-order valence-corrected chi connectivity index (χ2v) is 27.2. The number of amides is 8. The van der Waals surface area contributed by atoms with E-state index >= 15 is 28.8 Å². The van der Waals surface area contributed by atoms with Gasteiger partial charge in [-0.3, -0.25) is 67.5 Å². The van der Waals surface area contributed by atoms with Gasteiger partial charge in [-0.2, -0.15) is 0 Å². The fourth-order valence-electron chi connectivity index (χ4n) is 15.9. The van der Waals surface area contributed by atoms with Crippen LogP contribution in [0.1, 0.15) is 214 Å². The minimum absolute atomic E-state index is 0.123. The fraction of sp³-hybridized carbons (Fsp3) is 0.316. The number of benzene rings is 10. The van der Waals surface area contributed by atoms with Crippen molar-refractivity contribution in [1.29, 1.82) is 0 Å². The lowest BCUT2D eigenvalue weighted by atomic mass is 9.79. The molecular weight excluding hydrogens is 1220 g/mol. The largest absolute Gasteiger partial charge is 0.481 e. The summed E-state index contributed by atoms with van der Waals surface area (Å²) < 4.78 is 0. The normalized spacial score (nSPS) is 14.9. The number of aliphatic carboxylic acids is 2. The topological polar surface area (TPSA) is 224 Å². The van der Waals surface area contributed by atoms with Gasteiger partial charge in [-0.1, -0.05) is 91.5 Å². The molecule has 10 aromatic rings. The smallest absolute Gasteiger partial charge is 0.304 e. The van der Waals surface area contributed by atoms with Crippen LogP contribution in [0.25, 0.3) is 86.2 Å². The van der Waals surface area contributed by atoms with Crippen molar-refractivity contribution in [2.24, 2.45) is 0 Å². The van der Waals surface area contributed by atoms with Gasteiger partial charge in [0.15, 0.2) is 0 Å². The molecule has 10 aromatic carbocycles. The van der Waals surface area contributed by atoms with Gasteiger partial charge >= 0.3 is 11.9 Å². The lowest BCUT2D eigenvalue weighted by molar-refractivity contribution is -0.137. The molecule has 0 saturated carbocycles. The van der Waals surface area contributed by atoms with Gasteiger partial charge in [0, 0.05) is 166 Å². The van der Waals surface area contributed by atoms with Crippen LogP contribution in [0.4, 0.5) is 0 Å². The third kappa shape index (κ3) is 8.68. The first-order valence-electron chi connectivity index (χ1n) is 32.6. The summed E-state index contributed by atoms with van der Waals surface area (Å²) in [5, 5.41) is 28.1. The Bertz CT molecular complexity index is 4900. The van der Waals surface area contributed by atoms with Crippen molar-refractivity contribution in [3.63, 3.8) is 0 Å². The Kier molecular flexibility index (Phi) is 15.3. The average molecular weight is 1290 g/mol. The number of thioether (sulfide) groups is 2. The molecule has 0 radical (unpaired) electrons. The molecular formula is C76H66N4O12S2. The highest BCUT2D eigenvalue weighted by Gasteiger charge is 2.44. The maximum absolute atomic E-state index is 15.5. The molecule has 4 heterocycles. The summed E-state index contributed by atoms with van der Waals surface area (Å²) in [7, 11) is 0. The second kappa shape index (κ2) is 23.2. The maximum atomic E-state index is 15.5. The minimum Gasteiger partial charge on any atom is -0.481 e. The lowest BCUT2D eigenvalue weighted by Crippen LogP contribution is -2.46. The molecule has 2 N–H and O–H groups in total. The summed E-state index contributed by atoms with van der Waals surface area (Å²) in [6, 6.07) is 19.4. The number of rotatable bonds is 20. The Labute approximate surface area is 549 Å².